The Morgan fingerprint density at radius 1 is 1.29 bits per heavy atom. The summed E-state index contributed by atoms with van der Waals surface area (Å²) in [5, 5.41) is 0. The van der Waals surface area contributed by atoms with E-state index in [-0.39, 0.29) is 0 Å². The highest BCUT2D eigenvalue weighted by Gasteiger charge is 2.11. The minimum atomic E-state index is 0.746. The van der Waals surface area contributed by atoms with E-state index in [2.05, 4.69) is 4.98 Å². The molecule has 3 aromatic rings. The number of furan rings is 1. The van der Waals surface area contributed by atoms with E-state index in [4.69, 9.17) is 10.2 Å². The molecule has 0 aliphatic heterocycles. The summed E-state index contributed by atoms with van der Waals surface area (Å²) in [5.74, 6) is 1.77. The van der Waals surface area contributed by atoms with Gasteiger partial charge in [0.05, 0.1) is 16.6 Å². The standard InChI is InChI=1S/C13H13N3O/c1-8-5-9(7-17-8)13-15-11-4-3-10(14)6-12(11)16(13)2/h3-7H,14H2,1-2H3. The summed E-state index contributed by atoms with van der Waals surface area (Å²) >= 11 is 0. The molecule has 0 radical (unpaired) electrons. The van der Waals surface area contributed by atoms with Crippen molar-refractivity contribution in [1.29, 1.82) is 0 Å². The molecule has 2 heterocycles. The van der Waals surface area contributed by atoms with Gasteiger partial charge in [-0.05, 0) is 31.2 Å². The first-order chi connectivity index (χ1) is 8.15. The number of hydrogen-bond donors (Lipinski definition) is 1. The molecule has 3 rings (SSSR count). The van der Waals surface area contributed by atoms with Gasteiger partial charge in [-0.1, -0.05) is 0 Å². The lowest BCUT2D eigenvalue weighted by Gasteiger charge is -1.99. The molecular weight excluding hydrogens is 214 g/mol. The first kappa shape index (κ1) is 9.96. The van der Waals surface area contributed by atoms with Crippen molar-refractivity contribution in [3.63, 3.8) is 0 Å². The summed E-state index contributed by atoms with van der Waals surface area (Å²) in [6, 6.07) is 7.70. The molecule has 0 atom stereocenters. The average Bonchev–Trinajstić information content (AvgIpc) is 2.84. The van der Waals surface area contributed by atoms with Crippen LogP contribution < -0.4 is 5.73 Å². The van der Waals surface area contributed by atoms with Gasteiger partial charge in [0.1, 0.15) is 17.8 Å². The molecule has 0 bridgehead atoms. The molecule has 0 unspecified atom stereocenters. The van der Waals surface area contributed by atoms with Crippen molar-refractivity contribution in [1.82, 2.24) is 9.55 Å². The Balaban J connectivity index is 2.27. The van der Waals surface area contributed by atoms with Crippen LogP contribution in [0.25, 0.3) is 22.4 Å². The van der Waals surface area contributed by atoms with E-state index >= 15 is 0 Å². The number of rotatable bonds is 1. The van der Waals surface area contributed by atoms with Crippen LogP contribution in [0.2, 0.25) is 0 Å². The van der Waals surface area contributed by atoms with Gasteiger partial charge >= 0.3 is 0 Å². The van der Waals surface area contributed by atoms with Crippen LogP contribution in [0.15, 0.2) is 34.9 Å². The average molecular weight is 227 g/mol. The molecule has 86 valence electrons. The number of benzene rings is 1. The fraction of sp³-hybridized carbons (Fsp3) is 0.154. The van der Waals surface area contributed by atoms with E-state index in [0.717, 1.165) is 33.9 Å². The SMILES string of the molecule is Cc1cc(-c2nc3ccc(N)cc3n2C)co1. The molecule has 0 aliphatic rings. The predicted molar refractivity (Wildman–Crippen MR) is 67.6 cm³/mol. The molecule has 0 saturated carbocycles. The van der Waals surface area contributed by atoms with Crippen molar-refractivity contribution < 1.29 is 4.42 Å². The normalized spacial score (nSPS) is 11.2. The number of imidazole rings is 1. The van der Waals surface area contributed by atoms with Crippen molar-refractivity contribution in [3.05, 3.63) is 36.3 Å². The number of nitrogens with two attached hydrogens (primary N) is 1. The zero-order valence-corrected chi connectivity index (χ0v) is 9.77. The smallest absolute Gasteiger partial charge is 0.144 e. The van der Waals surface area contributed by atoms with Crippen molar-refractivity contribution in [2.24, 2.45) is 7.05 Å². The fourth-order valence-corrected chi connectivity index (χ4v) is 2.03. The monoisotopic (exact) mass is 227 g/mol. The van der Waals surface area contributed by atoms with Gasteiger partial charge in [0, 0.05) is 12.7 Å². The van der Waals surface area contributed by atoms with Crippen molar-refractivity contribution in [3.8, 4) is 11.4 Å². The van der Waals surface area contributed by atoms with Crippen LogP contribution in [0, 0.1) is 6.92 Å². The Hall–Kier alpha value is -2.23. The molecule has 1 aromatic carbocycles. The fourth-order valence-electron chi connectivity index (χ4n) is 2.03. The van der Waals surface area contributed by atoms with Gasteiger partial charge in [0.25, 0.3) is 0 Å². The van der Waals surface area contributed by atoms with Crippen LogP contribution in [0.3, 0.4) is 0 Å². The quantitative estimate of drug-likeness (QED) is 0.650. The van der Waals surface area contributed by atoms with Crippen LogP contribution in [-0.4, -0.2) is 9.55 Å². The summed E-state index contributed by atoms with van der Waals surface area (Å²) in [7, 11) is 1.98. The topological polar surface area (TPSA) is 57.0 Å². The van der Waals surface area contributed by atoms with Gasteiger partial charge in [-0.15, -0.1) is 0 Å². The minimum Gasteiger partial charge on any atom is -0.469 e. The molecule has 0 fully saturated rings. The highest BCUT2D eigenvalue weighted by Crippen LogP contribution is 2.26. The molecule has 0 aliphatic carbocycles. The highest BCUT2D eigenvalue weighted by molar-refractivity contribution is 5.83. The second kappa shape index (κ2) is 3.38. The molecule has 2 N–H and O–H groups in total. The summed E-state index contributed by atoms with van der Waals surface area (Å²) in [4.78, 5) is 4.58. The van der Waals surface area contributed by atoms with Crippen LogP contribution in [-0.2, 0) is 7.05 Å². The van der Waals surface area contributed by atoms with E-state index in [9.17, 15) is 0 Å². The molecule has 0 saturated heterocycles. The number of aromatic nitrogens is 2. The lowest BCUT2D eigenvalue weighted by molar-refractivity contribution is 0.534. The summed E-state index contributed by atoms with van der Waals surface area (Å²) in [5.41, 5.74) is 9.48. The van der Waals surface area contributed by atoms with E-state index in [1.807, 2.05) is 42.8 Å². The number of nitrogen functional groups attached to an aromatic ring is 1. The van der Waals surface area contributed by atoms with Gasteiger partial charge in [0.2, 0.25) is 0 Å². The number of fused-ring (bicyclic) bond motifs is 1. The molecule has 4 nitrogen and oxygen atoms in total. The first-order valence-corrected chi connectivity index (χ1v) is 5.42. The summed E-state index contributed by atoms with van der Waals surface area (Å²) < 4.78 is 7.34. The third kappa shape index (κ3) is 1.49. The minimum absolute atomic E-state index is 0.746. The van der Waals surface area contributed by atoms with Gasteiger partial charge < -0.3 is 14.7 Å². The van der Waals surface area contributed by atoms with E-state index in [0.29, 0.717) is 0 Å². The van der Waals surface area contributed by atoms with E-state index in [1.165, 1.54) is 0 Å². The van der Waals surface area contributed by atoms with Crippen LogP contribution in [0.4, 0.5) is 5.69 Å². The maximum absolute atomic E-state index is 5.79. The maximum Gasteiger partial charge on any atom is 0.144 e. The Morgan fingerprint density at radius 3 is 2.82 bits per heavy atom. The Bertz CT molecular complexity index is 694. The molecule has 0 amide bonds. The number of nitrogens with zero attached hydrogens (tertiary/aromatic N) is 2. The lowest BCUT2D eigenvalue weighted by Crippen LogP contribution is -1.91. The van der Waals surface area contributed by atoms with E-state index in [1.54, 1.807) is 6.26 Å². The highest BCUT2D eigenvalue weighted by atomic mass is 16.3. The maximum atomic E-state index is 5.79. The van der Waals surface area contributed by atoms with Gasteiger partial charge in [0.15, 0.2) is 0 Å². The lowest BCUT2D eigenvalue weighted by atomic mass is 10.3. The van der Waals surface area contributed by atoms with Gasteiger partial charge in [-0.25, -0.2) is 4.98 Å². The van der Waals surface area contributed by atoms with Crippen LogP contribution in [0.1, 0.15) is 5.76 Å². The number of anilines is 1. The molecule has 0 spiro atoms. The van der Waals surface area contributed by atoms with Crippen LogP contribution in [0.5, 0.6) is 0 Å². The second-order valence-corrected chi connectivity index (χ2v) is 4.19. The molecular formula is C13H13N3O. The third-order valence-electron chi connectivity index (χ3n) is 2.89. The van der Waals surface area contributed by atoms with Gasteiger partial charge in [-0.3, -0.25) is 0 Å². The third-order valence-corrected chi connectivity index (χ3v) is 2.89. The first-order valence-electron chi connectivity index (χ1n) is 5.42. The van der Waals surface area contributed by atoms with E-state index < -0.39 is 0 Å². The summed E-state index contributed by atoms with van der Waals surface area (Å²) in [6.07, 6.45) is 1.72. The largest absolute Gasteiger partial charge is 0.469 e. The summed E-state index contributed by atoms with van der Waals surface area (Å²) in [6.45, 7) is 1.92. The Morgan fingerprint density at radius 2 is 2.12 bits per heavy atom. The van der Waals surface area contributed by atoms with Crippen molar-refractivity contribution >= 4 is 16.7 Å². The zero-order chi connectivity index (χ0) is 12.0. The molecule has 4 heteroatoms. The number of aryl methyl sites for hydroxylation is 2. The van der Waals surface area contributed by atoms with Crippen molar-refractivity contribution in [2.75, 3.05) is 5.73 Å². The molecule has 17 heavy (non-hydrogen) atoms. The van der Waals surface area contributed by atoms with Crippen molar-refractivity contribution in [2.45, 2.75) is 6.92 Å². The van der Waals surface area contributed by atoms with Crippen LogP contribution >= 0.6 is 0 Å². The number of hydrogen-bond acceptors (Lipinski definition) is 3. The van der Waals surface area contributed by atoms with Gasteiger partial charge in [-0.2, -0.15) is 0 Å². The second-order valence-electron chi connectivity index (χ2n) is 4.19. The predicted octanol–water partition coefficient (Wildman–Crippen LogP) is 2.72. The Kier molecular flexibility index (Phi) is 1.98. The molecule has 2 aromatic heterocycles. The Labute approximate surface area is 98.7 Å². The zero-order valence-electron chi connectivity index (χ0n) is 9.77.